The predicted octanol–water partition coefficient (Wildman–Crippen LogP) is 5.26. The molecule has 1 aliphatic rings. The highest BCUT2D eigenvalue weighted by Gasteiger charge is 2.26. The van der Waals surface area contributed by atoms with Crippen LogP contribution in [0.2, 0.25) is 5.02 Å². The normalized spacial score (nSPS) is 14.4. The zero-order valence-electron chi connectivity index (χ0n) is 17.1. The van der Waals surface area contributed by atoms with Gasteiger partial charge in [0.15, 0.2) is 0 Å². The number of nitrogens with zero attached hydrogens (tertiary/aromatic N) is 2. The van der Waals surface area contributed by atoms with Gasteiger partial charge in [0.05, 0.1) is 29.6 Å². The summed E-state index contributed by atoms with van der Waals surface area (Å²) in [5.74, 6) is 1.29. The van der Waals surface area contributed by atoms with Crippen molar-refractivity contribution in [3.8, 4) is 28.7 Å². The molecule has 5 nitrogen and oxygen atoms in total. The number of halogens is 1. The topological polar surface area (TPSA) is 84.7 Å². The van der Waals surface area contributed by atoms with Crippen molar-refractivity contribution in [1.82, 2.24) is 14.7 Å². The molecule has 1 unspecified atom stereocenters. The molecule has 3 N–H and O–H groups in total. The number of H-pyrrole nitrogens is 1. The first kappa shape index (κ1) is 21.9. The van der Waals surface area contributed by atoms with Gasteiger partial charge in [-0.05, 0) is 73.4 Å². The molecule has 4 rings (SSSR count). The molecule has 160 valence electrons. The largest absolute Gasteiger partial charge is 0.393 e. The molecule has 1 atom stereocenters. The third-order valence-corrected chi connectivity index (χ3v) is 6.33. The summed E-state index contributed by atoms with van der Waals surface area (Å²) in [4.78, 5) is 7.92. The number of aliphatic hydroxyl groups excluding tert-OH is 1. The summed E-state index contributed by atoms with van der Waals surface area (Å²) in [6.07, 6.45) is 5.70. The first-order valence-electron chi connectivity index (χ1n) is 10.5. The highest BCUT2D eigenvalue weighted by atomic mass is 35.5. The van der Waals surface area contributed by atoms with Crippen molar-refractivity contribution in [1.29, 1.82) is 5.26 Å². The van der Waals surface area contributed by atoms with Gasteiger partial charge in [-0.1, -0.05) is 36.5 Å². The van der Waals surface area contributed by atoms with E-state index in [1.807, 2.05) is 24.3 Å². The molecule has 0 spiro atoms. The van der Waals surface area contributed by atoms with Gasteiger partial charge in [-0.25, -0.2) is 4.98 Å². The first-order chi connectivity index (χ1) is 15.1. The number of aliphatic hydroxyl groups is 1. The number of benzene rings is 2. The van der Waals surface area contributed by atoms with Crippen molar-refractivity contribution in [3.63, 3.8) is 0 Å². The molecule has 1 saturated carbocycles. The molecular weight excluding hydrogens is 428 g/mol. The highest BCUT2D eigenvalue weighted by Crippen LogP contribution is 2.42. The molecule has 0 aliphatic heterocycles. The molecule has 1 fully saturated rings. The Morgan fingerprint density at radius 2 is 2.03 bits per heavy atom. The Bertz CT molecular complexity index is 1100. The zero-order valence-corrected chi connectivity index (χ0v) is 18.8. The fourth-order valence-corrected chi connectivity index (χ4v) is 4.14. The van der Waals surface area contributed by atoms with Gasteiger partial charge in [0.25, 0.3) is 0 Å². The highest BCUT2D eigenvalue weighted by molar-refractivity contribution is 7.78. The maximum atomic E-state index is 10.1. The number of nitrogens with one attached hydrogen (secondary N) is 2. The standard InChI is InChI=1S/C24H25ClN4OS/c25-22-8-5-18(11-16(22)3-6-20(30)9-10-28-31)24-27-14-23(29-24)17-4-7-21(15-1-2-15)19(12-17)13-26/h4-5,7-8,11-12,14-15,20,28,30-31H,1-3,6,9-10H2,(H,27,29). The molecule has 1 aromatic heterocycles. The summed E-state index contributed by atoms with van der Waals surface area (Å²) >= 11 is 10.3. The van der Waals surface area contributed by atoms with Crippen molar-refractivity contribution in [2.24, 2.45) is 0 Å². The van der Waals surface area contributed by atoms with Crippen LogP contribution >= 0.6 is 24.4 Å². The van der Waals surface area contributed by atoms with Gasteiger partial charge in [0.2, 0.25) is 0 Å². The van der Waals surface area contributed by atoms with Crippen LogP contribution in [0.25, 0.3) is 22.6 Å². The number of aryl methyl sites for hydroxylation is 1. The predicted molar refractivity (Wildman–Crippen MR) is 127 cm³/mol. The lowest BCUT2D eigenvalue weighted by Crippen LogP contribution is -2.14. The Morgan fingerprint density at radius 1 is 1.23 bits per heavy atom. The SMILES string of the molecule is N#Cc1cc(-c2cnc(-c3ccc(Cl)c(CCC(O)CCNS)c3)[nH]2)ccc1C1CC1. The number of rotatable bonds is 9. The second-order valence-electron chi connectivity index (χ2n) is 8.03. The molecule has 3 aromatic rings. The second-order valence-corrected chi connectivity index (χ2v) is 8.75. The van der Waals surface area contributed by atoms with Crippen molar-refractivity contribution in [3.05, 3.63) is 64.3 Å². The molecule has 7 heteroatoms. The van der Waals surface area contributed by atoms with Crippen LogP contribution in [0.1, 0.15) is 48.3 Å². The quantitative estimate of drug-likeness (QED) is 0.333. The maximum Gasteiger partial charge on any atom is 0.137 e. The van der Waals surface area contributed by atoms with Crippen LogP contribution in [-0.2, 0) is 6.42 Å². The second kappa shape index (κ2) is 9.88. The fraction of sp³-hybridized carbons (Fsp3) is 0.333. The molecule has 0 amide bonds. The van der Waals surface area contributed by atoms with E-state index in [2.05, 4.69) is 45.7 Å². The summed E-state index contributed by atoms with van der Waals surface area (Å²) in [6.45, 7) is 0.655. The van der Waals surface area contributed by atoms with Crippen LogP contribution in [0.15, 0.2) is 42.6 Å². The summed E-state index contributed by atoms with van der Waals surface area (Å²) in [6, 6.07) is 14.2. The lowest BCUT2D eigenvalue weighted by molar-refractivity contribution is 0.156. The third-order valence-electron chi connectivity index (χ3n) is 5.73. The number of aromatic nitrogens is 2. The minimum absolute atomic E-state index is 0.400. The van der Waals surface area contributed by atoms with Crippen LogP contribution in [0.4, 0.5) is 0 Å². The monoisotopic (exact) mass is 452 g/mol. The van der Waals surface area contributed by atoms with Gasteiger partial charge in [-0.2, -0.15) is 5.26 Å². The van der Waals surface area contributed by atoms with E-state index in [1.54, 1.807) is 6.20 Å². The molecule has 1 heterocycles. The minimum atomic E-state index is -0.400. The van der Waals surface area contributed by atoms with Crippen LogP contribution in [0.3, 0.4) is 0 Å². The third kappa shape index (κ3) is 5.31. The van der Waals surface area contributed by atoms with Crippen molar-refractivity contribution in [2.45, 2.75) is 44.1 Å². The van der Waals surface area contributed by atoms with E-state index in [0.29, 0.717) is 36.7 Å². The summed E-state index contributed by atoms with van der Waals surface area (Å²) in [7, 11) is 0. The van der Waals surface area contributed by atoms with Gasteiger partial charge in [-0.15, -0.1) is 0 Å². The van der Waals surface area contributed by atoms with Crippen molar-refractivity contribution >= 4 is 24.4 Å². The van der Waals surface area contributed by atoms with E-state index in [1.165, 1.54) is 12.8 Å². The molecule has 1 aliphatic carbocycles. The van der Waals surface area contributed by atoms with Crippen LogP contribution in [0.5, 0.6) is 0 Å². The number of hydrogen-bond acceptors (Lipinski definition) is 5. The first-order valence-corrected chi connectivity index (χ1v) is 11.3. The Kier molecular flexibility index (Phi) is 6.99. The molecular formula is C24H25ClN4OS. The average Bonchev–Trinajstić information content (AvgIpc) is 3.52. The number of aromatic amines is 1. The lowest BCUT2D eigenvalue weighted by atomic mass is 10.00. The van der Waals surface area contributed by atoms with E-state index in [-0.39, 0.29) is 0 Å². The Balaban J connectivity index is 1.52. The van der Waals surface area contributed by atoms with E-state index in [0.717, 1.165) is 39.3 Å². The molecule has 2 aromatic carbocycles. The zero-order chi connectivity index (χ0) is 21.8. The van der Waals surface area contributed by atoms with Gasteiger partial charge >= 0.3 is 0 Å². The van der Waals surface area contributed by atoms with E-state index in [9.17, 15) is 10.4 Å². The van der Waals surface area contributed by atoms with Gasteiger partial charge in [-0.3, -0.25) is 4.72 Å². The lowest BCUT2D eigenvalue weighted by Gasteiger charge is -2.11. The Labute approximate surface area is 193 Å². The van der Waals surface area contributed by atoms with Crippen LogP contribution in [-0.4, -0.2) is 27.7 Å². The number of hydrogen-bond donors (Lipinski definition) is 4. The molecule has 0 bridgehead atoms. The summed E-state index contributed by atoms with van der Waals surface area (Å²) < 4.78 is 2.75. The number of imidazole rings is 1. The average molecular weight is 453 g/mol. The number of nitriles is 1. The van der Waals surface area contributed by atoms with Crippen molar-refractivity contribution in [2.75, 3.05) is 6.54 Å². The number of thiol groups is 1. The smallest absolute Gasteiger partial charge is 0.137 e. The van der Waals surface area contributed by atoms with Gasteiger partial charge < -0.3 is 10.1 Å². The van der Waals surface area contributed by atoms with E-state index >= 15 is 0 Å². The maximum absolute atomic E-state index is 10.1. The van der Waals surface area contributed by atoms with E-state index in [4.69, 9.17) is 11.6 Å². The molecule has 0 saturated heterocycles. The minimum Gasteiger partial charge on any atom is -0.393 e. The van der Waals surface area contributed by atoms with Gasteiger partial charge in [0, 0.05) is 22.7 Å². The van der Waals surface area contributed by atoms with Crippen molar-refractivity contribution < 1.29 is 5.11 Å². The van der Waals surface area contributed by atoms with Gasteiger partial charge in [0.1, 0.15) is 5.82 Å². The Hall–Kier alpha value is -2.30. The summed E-state index contributed by atoms with van der Waals surface area (Å²) in [5.41, 5.74) is 5.65. The Morgan fingerprint density at radius 3 is 2.77 bits per heavy atom. The molecule has 31 heavy (non-hydrogen) atoms. The summed E-state index contributed by atoms with van der Waals surface area (Å²) in [5, 5.41) is 20.3. The molecule has 0 radical (unpaired) electrons. The fourth-order valence-electron chi connectivity index (χ4n) is 3.80. The van der Waals surface area contributed by atoms with Crippen LogP contribution < -0.4 is 4.72 Å². The van der Waals surface area contributed by atoms with Crippen LogP contribution in [0, 0.1) is 11.3 Å². The van der Waals surface area contributed by atoms with E-state index < -0.39 is 6.10 Å².